The molecule has 0 radical (unpaired) electrons. The molecule has 1 saturated heterocycles. The van der Waals surface area contributed by atoms with Gasteiger partial charge in [0.15, 0.2) is 5.82 Å². The van der Waals surface area contributed by atoms with Gasteiger partial charge in [-0.1, -0.05) is 18.2 Å². The predicted octanol–water partition coefficient (Wildman–Crippen LogP) is 4.39. The van der Waals surface area contributed by atoms with E-state index in [1.54, 1.807) is 49.1 Å². The van der Waals surface area contributed by atoms with Crippen LogP contribution >= 0.6 is 0 Å². The highest BCUT2D eigenvalue weighted by molar-refractivity contribution is 5.94. The van der Waals surface area contributed by atoms with Crippen LogP contribution in [0.15, 0.2) is 61.2 Å². The second-order valence-corrected chi connectivity index (χ2v) is 9.01. The Hall–Kier alpha value is -3.94. The van der Waals surface area contributed by atoms with Crippen LogP contribution in [0.1, 0.15) is 45.8 Å². The van der Waals surface area contributed by atoms with Crippen LogP contribution in [0.4, 0.5) is 4.39 Å². The van der Waals surface area contributed by atoms with Gasteiger partial charge in [-0.3, -0.25) is 14.8 Å². The molecule has 1 aliphatic rings. The molecule has 0 spiro atoms. The molecular formula is C27H27FN6O. The van der Waals surface area contributed by atoms with Crippen molar-refractivity contribution < 1.29 is 9.18 Å². The fraction of sp³-hybridized carbons (Fsp3) is 0.296. The van der Waals surface area contributed by atoms with Crippen LogP contribution in [-0.4, -0.2) is 48.8 Å². The summed E-state index contributed by atoms with van der Waals surface area (Å²) in [5.41, 5.74) is 4.59. The molecule has 0 unspecified atom stereocenters. The van der Waals surface area contributed by atoms with E-state index in [0.717, 1.165) is 47.9 Å². The van der Waals surface area contributed by atoms with Crippen LogP contribution in [0.3, 0.4) is 0 Å². The van der Waals surface area contributed by atoms with Gasteiger partial charge in [-0.15, -0.1) is 0 Å². The minimum Gasteiger partial charge on any atom is -0.341 e. The smallest absolute Gasteiger partial charge is 0.255 e. The Labute approximate surface area is 203 Å². The molecule has 8 heteroatoms. The van der Waals surface area contributed by atoms with Gasteiger partial charge in [-0.25, -0.2) is 14.4 Å². The highest BCUT2D eigenvalue weighted by Gasteiger charge is 2.25. The average molecular weight is 471 g/mol. The minimum atomic E-state index is -0.245. The van der Waals surface area contributed by atoms with Gasteiger partial charge in [0.2, 0.25) is 0 Å². The van der Waals surface area contributed by atoms with E-state index in [1.807, 2.05) is 17.9 Å². The number of imidazole rings is 1. The molecule has 0 bridgehead atoms. The van der Waals surface area contributed by atoms with Crippen molar-refractivity contribution in [2.75, 3.05) is 13.1 Å². The molecule has 35 heavy (non-hydrogen) atoms. The Balaban J connectivity index is 1.18. The lowest BCUT2D eigenvalue weighted by atomic mass is 9.91. The summed E-state index contributed by atoms with van der Waals surface area (Å²) < 4.78 is 13.9. The van der Waals surface area contributed by atoms with Crippen LogP contribution < -0.4 is 0 Å². The number of amides is 1. The monoisotopic (exact) mass is 470 g/mol. The number of H-pyrrole nitrogens is 1. The lowest BCUT2D eigenvalue weighted by molar-refractivity contribution is 0.0690. The Morgan fingerprint density at radius 3 is 2.54 bits per heavy atom. The zero-order valence-electron chi connectivity index (χ0n) is 19.6. The highest BCUT2D eigenvalue weighted by Crippen LogP contribution is 2.26. The van der Waals surface area contributed by atoms with E-state index in [2.05, 4.69) is 24.9 Å². The van der Waals surface area contributed by atoms with Gasteiger partial charge < -0.3 is 9.88 Å². The normalized spacial score (nSPS) is 14.3. The Bertz CT molecular complexity index is 1310. The number of rotatable bonds is 6. The van der Waals surface area contributed by atoms with E-state index in [1.165, 1.54) is 6.07 Å². The Morgan fingerprint density at radius 2 is 1.83 bits per heavy atom. The molecule has 1 aromatic carbocycles. The summed E-state index contributed by atoms with van der Waals surface area (Å²) in [5, 5.41) is 0. The minimum absolute atomic E-state index is 0.0142. The fourth-order valence-corrected chi connectivity index (χ4v) is 4.54. The molecule has 1 aliphatic heterocycles. The molecule has 0 saturated carbocycles. The van der Waals surface area contributed by atoms with Gasteiger partial charge in [-0.05, 0) is 55.9 Å². The first-order valence-corrected chi connectivity index (χ1v) is 11.9. The SMILES string of the molecule is Cc1cnc(-c2nccnc2CC2CCN(C(=O)c3ccc(Cc4ccccc4F)nc3)CC2)[nH]1. The molecule has 1 amide bonds. The standard InChI is InChI=1S/C27H27FN6O/c1-18-16-32-26(33-18)25-24(29-10-11-30-25)14-19-8-12-34(13-9-19)27(35)21-6-7-22(31-17-21)15-20-4-2-3-5-23(20)28/h2-7,10-11,16-17,19H,8-9,12-15H2,1H3,(H,32,33). The number of nitrogens with zero attached hydrogens (tertiary/aromatic N) is 5. The van der Waals surface area contributed by atoms with E-state index < -0.39 is 0 Å². The summed E-state index contributed by atoms with van der Waals surface area (Å²) in [7, 11) is 0. The van der Waals surface area contributed by atoms with Gasteiger partial charge in [0.25, 0.3) is 5.91 Å². The van der Waals surface area contributed by atoms with E-state index in [9.17, 15) is 9.18 Å². The van der Waals surface area contributed by atoms with E-state index in [4.69, 9.17) is 0 Å². The predicted molar refractivity (Wildman–Crippen MR) is 130 cm³/mol. The molecule has 1 N–H and O–H groups in total. The number of aromatic nitrogens is 5. The zero-order chi connectivity index (χ0) is 24.2. The summed E-state index contributed by atoms with van der Waals surface area (Å²) in [6, 6.07) is 10.3. The summed E-state index contributed by atoms with van der Waals surface area (Å²) in [6.45, 7) is 3.34. The summed E-state index contributed by atoms with van der Waals surface area (Å²) in [5.74, 6) is 0.904. The van der Waals surface area contributed by atoms with Crippen molar-refractivity contribution >= 4 is 5.91 Å². The third kappa shape index (κ3) is 5.26. The van der Waals surface area contributed by atoms with Crippen LogP contribution in [-0.2, 0) is 12.8 Å². The number of aromatic amines is 1. The number of carbonyl (C=O) groups is 1. The molecule has 3 aromatic heterocycles. The number of nitrogens with one attached hydrogen (secondary N) is 1. The number of hydrogen-bond acceptors (Lipinski definition) is 5. The summed E-state index contributed by atoms with van der Waals surface area (Å²) in [6.07, 6.45) is 9.80. The first kappa shape index (κ1) is 22.8. The number of pyridine rings is 1. The lowest BCUT2D eigenvalue weighted by Crippen LogP contribution is -2.39. The van der Waals surface area contributed by atoms with E-state index in [-0.39, 0.29) is 11.7 Å². The van der Waals surface area contributed by atoms with Crippen molar-refractivity contribution in [3.63, 3.8) is 0 Å². The Kier molecular flexibility index (Phi) is 6.61. The molecule has 0 aliphatic carbocycles. The van der Waals surface area contributed by atoms with Crippen molar-refractivity contribution in [3.05, 3.63) is 95.2 Å². The van der Waals surface area contributed by atoms with Crippen molar-refractivity contribution in [3.8, 4) is 11.5 Å². The zero-order valence-corrected chi connectivity index (χ0v) is 19.6. The molecule has 5 rings (SSSR count). The van der Waals surface area contributed by atoms with Crippen molar-refractivity contribution in [2.24, 2.45) is 5.92 Å². The van der Waals surface area contributed by atoms with Crippen molar-refractivity contribution in [1.29, 1.82) is 0 Å². The number of carbonyl (C=O) groups excluding carboxylic acids is 1. The van der Waals surface area contributed by atoms with E-state index >= 15 is 0 Å². The number of hydrogen-bond donors (Lipinski definition) is 1. The second-order valence-electron chi connectivity index (χ2n) is 9.01. The van der Waals surface area contributed by atoms with Crippen molar-refractivity contribution in [2.45, 2.75) is 32.6 Å². The summed E-state index contributed by atoms with van der Waals surface area (Å²) >= 11 is 0. The topological polar surface area (TPSA) is 87.7 Å². The first-order valence-electron chi connectivity index (χ1n) is 11.9. The molecule has 4 heterocycles. The quantitative estimate of drug-likeness (QED) is 0.451. The second kappa shape index (κ2) is 10.1. The highest BCUT2D eigenvalue weighted by atomic mass is 19.1. The maximum atomic E-state index is 13.9. The third-order valence-corrected chi connectivity index (χ3v) is 6.49. The largest absolute Gasteiger partial charge is 0.341 e. The van der Waals surface area contributed by atoms with Crippen LogP contribution in [0.25, 0.3) is 11.5 Å². The number of piperidine rings is 1. The number of halogens is 1. The molecule has 178 valence electrons. The summed E-state index contributed by atoms with van der Waals surface area (Å²) in [4.78, 5) is 36.0. The molecule has 7 nitrogen and oxygen atoms in total. The Morgan fingerprint density at radius 1 is 1.03 bits per heavy atom. The first-order chi connectivity index (χ1) is 17.1. The van der Waals surface area contributed by atoms with Crippen LogP contribution in [0.5, 0.6) is 0 Å². The number of benzene rings is 1. The number of likely N-dealkylation sites (tertiary alicyclic amines) is 1. The van der Waals surface area contributed by atoms with Crippen LogP contribution in [0, 0.1) is 18.7 Å². The van der Waals surface area contributed by atoms with Gasteiger partial charge in [0.05, 0.1) is 11.3 Å². The fourth-order valence-electron chi connectivity index (χ4n) is 4.54. The van der Waals surface area contributed by atoms with Crippen LogP contribution in [0.2, 0.25) is 0 Å². The van der Waals surface area contributed by atoms with Gasteiger partial charge in [0.1, 0.15) is 11.5 Å². The van der Waals surface area contributed by atoms with Gasteiger partial charge >= 0.3 is 0 Å². The maximum absolute atomic E-state index is 13.9. The number of aryl methyl sites for hydroxylation is 1. The van der Waals surface area contributed by atoms with E-state index in [0.29, 0.717) is 36.6 Å². The maximum Gasteiger partial charge on any atom is 0.255 e. The lowest BCUT2D eigenvalue weighted by Gasteiger charge is -2.32. The molecule has 0 atom stereocenters. The molecule has 4 aromatic rings. The molecule has 1 fully saturated rings. The molecular weight excluding hydrogens is 443 g/mol. The van der Waals surface area contributed by atoms with Gasteiger partial charge in [0, 0.05) is 55.7 Å². The third-order valence-electron chi connectivity index (χ3n) is 6.49. The van der Waals surface area contributed by atoms with Crippen molar-refractivity contribution in [1.82, 2.24) is 29.8 Å². The van der Waals surface area contributed by atoms with Gasteiger partial charge in [-0.2, -0.15) is 0 Å². The average Bonchev–Trinajstić information content (AvgIpc) is 3.32.